The number of rotatable bonds is 12. The summed E-state index contributed by atoms with van der Waals surface area (Å²) in [6.07, 6.45) is 11.5. The number of allylic oxidation sites excluding steroid dienone is 13. The van der Waals surface area contributed by atoms with E-state index in [-0.39, 0.29) is 39.1 Å². The average molecular weight is 775 g/mol. The van der Waals surface area contributed by atoms with E-state index in [0.717, 1.165) is 35.6 Å². The van der Waals surface area contributed by atoms with Crippen LogP contribution in [0.4, 0.5) is 5.69 Å². The van der Waals surface area contributed by atoms with E-state index < -0.39 is 17.9 Å². The van der Waals surface area contributed by atoms with Gasteiger partial charge in [0.2, 0.25) is 0 Å². The minimum atomic E-state index is -1.29. The summed E-state index contributed by atoms with van der Waals surface area (Å²) >= 11 is 0. The molecule has 286 valence electrons. The van der Waals surface area contributed by atoms with Crippen LogP contribution in [0.5, 0.6) is 0 Å². The number of carboxylic acid groups (broad SMARTS) is 2. The molecule has 59 heavy (non-hydrogen) atoms. The molecule has 0 saturated carbocycles. The monoisotopic (exact) mass is 774 g/mol. The Bertz CT molecular complexity index is 2580. The molecule has 0 spiro atoms. The van der Waals surface area contributed by atoms with Crippen molar-refractivity contribution in [3.8, 4) is 30.3 Å². The Morgan fingerprint density at radius 2 is 1.29 bits per heavy atom. The average Bonchev–Trinajstić information content (AvgIpc) is 3.68. The van der Waals surface area contributed by atoms with Gasteiger partial charge in [0.25, 0.3) is 5.70 Å². The lowest BCUT2D eigenvalue weighted by Gasteiger charge is -2.38. The molecule has 12 heteroatoms. The predicted octanol–water partition coefficient (Wildman–Crippen LogP) is 8.24. The molecule has 0 atom stereocenters. The molecule has 0 amide bonds. The van der Waals surface area contributed by atoms with E-state index in [1.54, 1.807) is 12.2 Å². The van der Waals surface area contributed by atoms with Crippen molar-refractivity contribution in [2.75, 3.05) is 31.1 Å². The fraction of sp³-hybridized carbons (Fsp3) is 0.149. The van der Waals surface area contributed by atoms with E-state index in [1.165, 1.54) is 60.7 Å². The fourth-order valence-corrected chi connectivity index (χ4v) is 6.92. The van der Waals surface area contributed by atoms with Gasteiger partial charge in [0.1, 0.15) is 0 Å². The molecule has 1 heterocycles. The van der Waals surface area contributed by atoms with Crippen LogP contribution >= 0.6 is 0 Å². The van der Waals surface area contributed by atoms with Gasteiger partial charge in [-0.15, -0.1) is 0 Å². The highest BCUT2D eigenvalue weighted by Crippen LogP contribution is 2.37. The maximum Gasteiger partial charge on any atom is 0.335 e. The van der Waals surface area contributed by atoms with Crippen LogP contribution in [0.25, 0.3) is 16.0 Å². The van der Waals surface area contributed by atoms with Crippen LogP contribution in [0, 0.1) is 69.1 Å². The Morgan fingerprint density at radius 3 is 1.81 bits per heavy atom. The molecule has 12 nitrogen and oxygen atoms in total. The third kappa shape index (κ3) is 9.77. The maximum atomic E-state index is 11.4. The molecule has 2 N–H and O–H groups in total. The third-order valence-corrected chi connectivity index (χ3v) is 9.78. The second kappa shape index (κ2) is 19.8. The van der Waals surface area contributed by atoms with E-state index in [9.17, 15) is 46.1 Å². The van der Waals surface area contributed by atoms with Crippen LogP contribution in [0.15, 0.2) is 149 Å². The Hall–Kier alpha value is -8.68. The maximum absolute atomic E-state index is 11.4. The first kappa shape index (κ1) is 41.5. The number of carboxylic acids is 2. The van der Waals surface area contributed by atoms with Crippen molar-refractivity contribution in [2.45, 2.75) is 12.8 Å². The summed E-state index contributed by atoms with van der Waals surface area (Å²) in [5, 5.41) is 68.5. The van der Waals surface area contributed by atoms with E-state index >= 15 is 0 Å². The second-order valence-corrected chi connectivity index (χ2v) is 13.1. The lowest BCUT2D eigenvalue weighted by atomic mass is 9.89. The first-order chi connectivity index (χ1) is 28.7. The van der Waals surface area contributed by atoms with Gasteiger partial charge >= 0.3 is 11.9 Å². The molecule has 1 fully saturated rings. The van der Waals surface area contributed by atoms with Gasteiger partial charge in [-0.3, -0.25) is 0 Å². The molecule has 2 aliphatic rings. The quantitative estimate of drug-likeness (QED) is 0.102. The van der Waals surface area contributed by atoms with Crippen LogP contribution < -0.4 is 4.90 Å². The largest absolute Gasteiger partial charge is 0.478 e. The first-order valence-corrected chi connectivity index (χ1v) is 18.2. The zero-order valence-electron chi connectivity index (χ0n) is 31.6. The van der Waals surface area contributed by atoms with Gasteiger partial charge in [-0.05, 0) is 83.7 Å². The lowest BCUT2D eigenvalue weighted by molar-refractivity contribution is 0.0686. The van der Waals surface area contributed by atoms with Crippen molar-refractivity contribution in [1.82, 2.24) is 4.90 Å². The molecular weight excluding hydrogens is 741 g/mol. The number of hydrogen-bond donors (Lipinski definition) is 2. The van der Waals surface area contributed by atoms with Gasteiger partial charge in [0.05, 0.1) is 59.2 Å². The molecule has 1 aliphatic heterocycles. The van der Waals surface area contributed by atoms with Crippen LogP contribution in [-0.4, -0.2) is 53.2 Å². The van der Waals surface area contributed by atoms with E-state index in [0.29, 0.717) is 37.1 Å². The highest BCUT2D eigenvalue weighted by atomic mass is 16.4. The van der Waals surface area contributed by atoms with Crippen LogP contribution in [0.1, 0.15) is 44.7 Å². The van der Waals surface area contributed by atoms with Gasteiger partial charge < -0.3 is 20.0 Å². The zero-order chi connectivity index (χ0) is 42.3. The van der Waals surface area contributed by atoms with Crippen molar-refractivity contribution in [3.05, 3.63) is 183 Å². The lowest BCUT2D eigenvalue weighted by Crippen LogP contribution is -2.46. The number of para-hydroxylation sites is 1. The Labute approximate surface area is 341 Å². The van der Waals surface area contributed by atoms with Crippen LogP contribution in [-0.2, 0) is 0 Å². The smallest absolute Gasteiger partial charge is 0.335 e. The molecule has 5 rings (SSSR count). The summed E-state index contributed by atoms with van der Waals surface area (Å²) in [7, 11) is 0. The SMILES string of the molecule is [C-]#[N+]C(C#N)=C(C(C#N)=CC=CC1=C(N2CCN(c3ccccc3)CC2)C(=CC=CC(C#N)=C(c2ccc(C(=O)O)cc2)C(C#N)C#N)CC1)c1ccc(C(=O)O)cc1. The molecule has 0 unspecified atom stereocenters. The van der Waals surface area contributed by atoms with E-state index in [1.807, 2.05) is 48.6 Å². The van der Waals surface area contributed by atoms with Gasteiger partial charge in [-0.1, -0.05) is 66.8 Å². The number of hydrogen-bond acceptors (Lipinski definition) is 9. The number of carbonyl (C=O) groups is 2. The van der Waals surface area contributed by atoms with Crippen molar-refractivity contribution >= 4 is 28.8 Å². The fourth-order valence-electron chi connectivity index (χ4n) is 6.92. The molecule has 0 bridgehead atoms. The van der Waals surface area contributed by atoms with Crippen molar-refractivity contribution < 1.29 is 19.8 Å². The number of nitriles is 5. The zero-order valence-corrected chi connectivity index (χ0v) is 31.6. The molecule has 3 aromatic carbocycles. The van der Waals surface area contributed by atoms with Gasteiger partial charge in [-0.25, -0.2) is 19.7 Å². The number of piperazine rings is 1. The van der Waals surface area contributed by atoms with Crippen molar-refractivity contribution in [2.24, 2.45) is 5.92 Å². The number of benzene rings is 3. The minimum absolute atomic E-state index is 0.0157. The molecule has 3 aromatic rings. The summed E-state index contributed by atoms with van der Waals surface area (Å²) in [6.45, 7) is 10.5. The first-order valence-electron chi connectivity index (χ1n) is 18.2. The van der Waals surface area contributed by atoms with E-state index in [4.69, 9.17) is 6.57 Å². The minimum Gasteiger partial charge on any atom is -0.478 e. The summed E-state index contributed by atoms with van der Waals surface area (Å²) < 4.78 is 0. The number of anilines is 1. The summed E-state index contributed by atoms with van der Waals surface area (Å²) in [4.78, 5) is 30.8. The molecular formula is C47H34N8O4. The normalized spacial score (nSPS) is 15.8. The molecule has 0 radical (unpaired) electrons. The Morgan fingerprint density at radius 1 is 0.712 bits per heavy atom. The van der Waals surface area contributed by atoms with Gasteiger partial charge in [0, 0.05) is 48.7 Å². The van der Waals surface area contributed by atoms with Crippen LogP contribution in [0.2, 0.25) is 0 Å². The second-order valence-electron chi connectivity index (χ2n) is 13.1. The molecule has 1 saturated heterocycles. The summed E-state index contributed by atoms with van der Waals surface area (Å²) in [5.74, 6) is -3.56. The number of aromatic carboxylic acids is 2. The Balaban J connectivity index is 1.55. The van der Waals surface area contributed by atoms with Gasteiger partial charge in [-0.2, -0.15) is 21.0 Å². The number of nitrogens with zero attached hydrogens (tertiary/aromatic N) is 8. The predicted molar refractivity (Wildman–Crippen MR) is 220 cm³/mol. The standard InChI is InChI=1S/C47H34N8O4/c1-53-42(31-52)44(33-15-21-37(22-16-33)47(58)59)39(28-49)10-6-8-35-18-17-34(45(35)55-25-23-54(24-26-55)41-11-3-2-4-12-41)7-5-9-38(27-48)43(40(29-50)30-51)32-13-19-36(20-14-32)46(56)57/h2-16,19-22,40H,17-18,23-26H2,(H,56,57)(H,58,59). The Kier molecular flexibility index (Phi) is 13.9. The van der Waals surface area contributed by atoms with Gasteiger partial charge in [0.15, 0.2) is 5.92 Å². The molecule has 1 aliphatic carbocycles. The topological polar surface area (TPSA) is 204 Å². The third-order valence-electron chi connectivity index (χ3n) is 9.78. The highest BCUT2D eigenvalue weighted by Gasteiger charge is 2.27. The van der Waals surface area contributed by atoms with Crippen LogP contribution in [0.3, 0.4) is 0 Å². The van der Waals surface area contributed by atoms with E-state index in [2.05, 4.69) is 38.9 Å². The summed E-state index contributed by atoms with van der Waals surface area (Å²) in [6, 6.07) is 31.3. The summed E-state index contributed by atoms with van der Waals surface area (Å²) in [5.41, 5.74) is 4.85. The highest BCUT2D eigenvalue weighted by molar-refractivity contribution is 5.91. The molecule has 0 aromatic heterocycles. The van der Waals surface area contributed by atoms with Crippen molar-refractivity contribution in [1.29, 1.82) is 26.3 Å². The van der Waals surface area contributed by atoms with Crippen molar-refractivity contribution in [3.63, 3.8) is 0 Å².